The van der Waals surface area contributed by atoms with Gasteiger partial charge in [-0.25, -0.2) is 8.78 Å². The molecule has 0 atom stereocenters. The number of H-pyrrole nitrogens is 1. The maximum absolute atomic E-state index is 13.3. The smallest absolute Gasteiger partial charge is 0.272 e. The van der Waals surface area contributed by atoms with Gasteiger partial charge in [0.1, 0.15) is 17.3 Å². The molecule has 0 aliphatic carbocycles. The lowest BCUT2D eigenvalue weighted by atomic mass is 10.2. The van der Waals surface area contributed by atoms with Gasteiger partial charge in [-0.1, -0.05) is 0 Å². The van der Waals surface area contributed by atoms with Crippen LogP contribution in [0.25, 0.3) is 0 Å². The molecule has 1 aromatic carbocycles. The van der Waals surface area contributed by atoms with Gasteiger partial charge in [0.25, 0.3) is 5.91 Å². The number of aldehydes is 1. The molecule has 6 heteroatoms. The summed E-state index contributed by atoms with van der Waals surface area (Å²) in [5.41, 5.74) is 0.114. The fourth-order valence-corrected chi connectivity index (χ4v) is 1.39. The van der Waals surface area contributed by atoms with Crippen molar-refractivity contribution in [3.63, 3.8) is 0 Å². The standard InChI is InChI=1S/C12H8F2N2O2/c13-8-1-2-9(14)10(4-8)16-12(18)11-3-7(6-17)5-15-11/h1-6,15H,(H,16,18). The number of amides is 1. The zero-order valence-electron chi connectivity index (χ0n) is 9.04. The number of rotatable bonds is 3. The molecule has 92 valence electrons. The number of hydrogen-bond acceptors (Lipinski definition) is 2. The van der Waals surface area contributed by atoms with Gasteiger partial charge in [-0.15, -0.1) is 0 Å². The fourth-order valence-electron chi connectivity index (χ4n) is 1.39. The minimum atomic E-state index is -0.744. The molecule has 0 radical (unpaired) electrons. The van der Waals surface area contributed by atoms with Crippen LogP contribution in [0.15, 0.2) is 30.5 Å². The molecule has 2 N–H and O–H groups in total. The first-order valence-electron chi connectivity index (χ1n) is 5.00. The number of carbonyl (C=O) groups is 2. The molecule has 1 amide bonds. The van der Waals surface area contributed by atoms with Crippen LogP contribution in [0, 0.1) is 11.6 Å². The van der Waals surface area contributed by atoms with E-state index in [9.17, 15) is 18.4 Å². The largest absolute Gasteiger partial charge is 0.356 e. The van der Waals surface area contributed by atoms with Crippen molar-refractivity contribution in [2.75, 3.05) is 5.32 Å². The van der Waals surface area contributed by atoms with Crippen LogP contribution in [0.5, 0.6) is 0 Å². The summed E-state index contributed by atoms with van der Waals surface area (Å²) in [7, 11) is 0. The Hall–Kier alpha value is -2.50. The van der Waals surface area contributed by atoms with Gasteiger partial charge in [-0.05, 0) is 18.2 Å². The third kappa shape index (κ3) is 2.42. The molecule has 1 heterocycles. The van der Waals surface area contributed by atoms with E-state index in [0.717, 1.165) is 18.2 Å². The lowest BCUT2D eigenvalue weighted by Crippen LogP contribution is -2.13. The normalized spacial score (nSPS) is 10.1. The Labute approximate surface area is 101 Å². The highest BCUT2D eigenvalue weighted by Gasteiger charge is 2.11. The number of hydrogen-bond donors (Lipinski definition) is 2. The minimum absolute atomic E-state index is 0.0840. The first-order chi connectivity index (χ1) is 8.60. The van der Waals surface area contributed by atoms with E-state index in [-0.39, 0.29) is 11.4 Å². The SMILES string of the molecule is O=Cc1c[nH]c(C(=O)Nc2cc(F)ccc2F)c1. The highest BCUT2D eigenvalue weighted by atomic mass is 19.1. The van der Waals surface area contributed by atoms with E-state index in [1.165, 1.54) is 12.3 Å². The molecule has 18 heavy (non-hydrogen) atoms. The van der Waals surface area contributed by atoms with Gasteiger partial charge >= 0.3 is 0 Å². The van der Waals surface area contributed by atoms with Crippen molar-refractivity contribution in [3.8, 4) is 0 Å². The van der Waals surface area contributed by atoms with Crippen LogP contribution >= 0.6 is 0 Å². The Bertz CT molecular complexity index is 608. The van der Waals surface area contributed by atoms with E-state index < -0.39 is 17.5 Å². The first kappa shape index (κ1) is 12.0. The predicted molar refractivity (Wildman–Crippen MR) is 60.5 cm³/mol. The monoisotopic (exact) mass is 250 g/mol. The molecular weight excluding hydrogens is 242 g/mol. The van der Waals surface area contributed by atoms with Crippen LogP contribution in [0.4, 0.5) is 14.5 Å². The lowest BCUT2D eigenvalue weighted by molar-refractivity contribution is 0.102. The second kappa shape index (κ2) is 4.79. The zero-order chi connectivity index (χ0) is 13.1. The highest BCUT2D eigenvalue weighted by Crippen LogP contribution is 2.16. The molecule has 0 saturated carbocycles. The summed E-state index contributed by atoms with van der Waals surface area (Å²) in [6, 6.07) is 4.04. The number of aromatic amines is 1. The molecule has 0 aliphatic heterocycles. The summed E-state index contributed by atoms with van der Waals surface area (Å²) in [4.78, 5) is 24.6. The Kier molecular flexibility index (Phi) is 3.18. The molecule has 2 aromatic rings. The Balaban J connectivity index is 2.20. The van der Waals surface area contributed by atoms with Crippen LogP contribution in [-0.2, 0) is 0 Å². The molecule has 1 aromatic heterocycles. The van der Waals surface area contributed by atoms with Gasteiger partial charge in [-0.3, -0.25) is 9.59 Å². The van der Waals surface area contributed by atoms with Crippen molar-refractivity contribution >= 4 is 17.9 Å². The Morgan fingerprint density at radius 3 is 2.72 bits per heavy atom. The number of carbonyl (C=O) groups excluding carboxylic acids is 2. The van der Waals surface area contributed by atoms with Crippen LogP contribution in [-0.4, -0.2) is 17.2 Å². The van der Waals surface area contributed by atoms with E-state index >= 15 is 0 Å². The maximum Gasteiger partial charge on any atom is 0.272 e. The number of benzene rings is 1. The van der Waals surface area contributed by atoms with E-state index in [1.807, 2.05) is 0 Å². The molecule has 4 nitrogen and oxygen atoms in total. The van der Waals surface area contributed by atoms with Gasteiger partial charge in [0.15, 0.2) is 6.29 Å². The van der Waals surface area contributed by atoms with Gasteiger partial charge in [0.05, 0.1) is 5.69 Å². The number of aromatic nitrogens is 1. The summed E-state index contributed by atoms with van der Waals surface area (Å²) < 4.78 is 26.2. The molecule has 0 spiro atoms. The molecule has 0 unspecified atom stereocenters. The zero-order valence-corrected chi connectivity index (χ0v) is 9.04. The molecular formula is C12H8F2N2O2. The molecule has 0 fully saturated rings. The summed E-state index contributed by atoms with van der Waals surface area (Å²) >= 11 is 0. The van der Waals surface area contributed by atoms with Crippen LogP contribution in [0.1, 0.15) is 20.8 Å². The van der Waals surface area contributed by atoms with Crippen molar-refractivity contribution < 1.29 is 18.4 Å². The fraction of sp³-hybridized carbons (Fsp3) is 0. The average molecular weight is 250 g/mol. The molecule has 0 bridgehead atoms. The van der Waals surface area contributed by atoms with Crippen molar-refractivity contribution in [2.45, 2.75) is 0 Å². The third-order valence-corrected chi connectivity index (χ3v) is 2.26. The summed E-state index contributed by atoms with van der Waals surface area (Å²) in [6.07, 6.45) is 1.90. The van der Waals surface area contributed by atoms with Crippen LogP contribution in [0.2, 0.25) is 0 Å². The van der Waals surface area contributed by atoms with Gasteiger partial charge in [0.2, 0.25) is 0 Å². The maximum atomic E-state index is 13.3. The minimum Gasteiger partial charge on any atom is -0.356 e. The molecule has 0 aliphatic rings. The van der Waals surface area contributed by atoms with Gasteiger partial charge in [-0.2, -0.15) is 0 Å². The quantitative estimate of drug-likeness (QED) is 0.821. The van der Waals surface area contributed by atoms with Crippen LogP contribution < -0.4 is 5.32 Å². The second-order valence-corrected chi connectivity index (χ2v) is 3.54. The third-order valence-electron chi connectivity index (χ3n) is 2.26. The number of nitrogens with one attached hydrogen (secondary N) is 2. The van der Waals surface area contributed by atoms with Gasteiger partial charge in [0, 0.05) is 17.8 Å². The van der Waals surface area contributed by atoms with Crippen molar-refractivity contribution in [1.29, 1.82) is 0 Å². The summed E-state index contributed by atoms with van der Waals surface area (Å²) in [5, 5.41) is 2.20. The van der Waals surface area contributed by atoms with Gasteiger partial charge < -0.3 is 10.3 Å². The molecule has 0 saturated heterocycles. The average Bonchev–Trinajstić information content (AvgIpc) is 2.82. The molecule has 2 rings (SSSR count). The number of halogens is 2. The topological polar surface area (TPSA) is 62.0 Å². The van der Waals surface area contributed by atoms with E-state index in [4.69, 9.17) is 0 Å². The Morgan fingerprint density at radius 1 is 1.28 bits per heavy atom. The van der Waals surface area contributed by atoms with E-state index in [0.29, 0.717) is 11.8 Å². The lowest BCUT2D eigenvalue weighted by Gasteiger charge is -2.04. The highest BCUT2D eigenvalue weighted by molar-refractivity contribution is 6.03. The summed E-state index contributed by atoms with van der Waals surface area (Å²) in [5.74, 6) is -2.06. The predicted octanol–water partition coefficient (Wildman–Crippen LogP) is 2.36. The Morgan fingerprint density at radius 2 is 2.06 bits per heavy atom. The van der Waals surface area contributed by atoms with Crippen molar-refractivity contribution in [2.24, 2.45) is 0 Å². The summed E-state index contributed by atoms with van der Waals surface area (Å²) in [6.45, 7) is 0. The van der Waals surface area contributed by atoms with Crippen molar-refractivity contribution in [3.05, 3.63) is 53.4 Å². The van der Waals surface area contributed by atoms with E-state index in [1.54, 1.807) is 0 Å². The van der Waals surface area contributed by atoms with E-state index in [2.05, 4.69) is 10.3 Å². The first-order valence-corrected chi connectivity index (χ1v) is 5.00. The second-order valence-electron chi connectivity index (χ2n) is 3.54. The van der Waals surface area contributed by atoms with Crippen LogP contribution in [0.3, 0.4) is 0 Å². The number of anilines is 1. The van der Waals surface area contributed by atoms with Crippen molar-refractivity contribution in [1.82, 2.24) is 4.98 Å².